The molecule has 0 spiro atoms. The standard InChI is InChI=1S/C38H39FN6O4.C24H29N5O4.C19H20FNO3/c1-3-34-32(35(43-31-11-13-49-14-12-31)33-22-42-45(4-2)36(33)44-34)21-41-38(48)28-10-6-9-27(18-28)37(47)40-20-25-16-29(19-30(39)17-25)26-8-5-7-24(15-26)23-46;1-3-20-18(13-25-23(30)15-6-5-7-16(12-15)24(31)32)21(27-17-8-10-33-11-9-17)19-14-26-29(4-2)22(19)28-20;1-19(2,3)24-18(23)21-11-14-8-16(10-17(20)9-14)15-6-4-5-13(7-15)12-22/h5-10,15-19,22-23,31H,3-4,11-14,20-21H2,1-2H3,(H,40,47)(H,41,48)(H,43,44);5-7,12,14,17H,3-4,8-11,13H2,1-2H3,(H,25,30)(H,27,28)(H,31,32);4-10,12H,11H2,1-3H3,(H,21,23). The van der Waals surface area contributed by atoms with Crippen molar-refractivity contribution in [2.24, 2.45) is 0 Å². The minimum atomic E-state index is -1.07. The molecule has 7 N–H and O–H groups in total. The second-order valence-corrected chi connectivity index (χ2v) is 26.5. The van der Waals surface area contributed by atoms with Crippen LogP contribution in [0.2, 0.25) is 0 Å². The van der Waals surface area contributed by atoms with Crippen LogP contribution in [-0.4, -0.2) is 121 Å². The number of ether oxygens (including phenoxy) is 3. The lowest BCUT2D eigenvalue weighted by atomic mass is 10.0. The SMILES string of the molecule is CC(C)(C)OC(=O)NCc1cc(F)cc(-c2cccc(C=O)c2)c1.CCc1nc2c(cnn2CC)c(NC2CCOCC2)c1CNC(=O)c1cccc(C(=O)NCc2cc(F)cc(-c3cccc(C=O)c3)c2)c1.CCc1nc2c(cnn2CC)c(NC2CCOCC2)c1CNC(=O)c1cccc(C(=O)O)c1. The van der Waals surface area contributed by atoms with Gasteiger partial charge in [0, 0.05) is 128 Å². The summed E-state index contributed by atoms with van der Waals surface area (Å²) in [5, 5.41) is 39.0. The van der Waals surface area contributed by atoms with E-state index in [1.54, 1.807) is 118 Å². The predicted molar refractivity (Wildman–Crippen MR) is 401 cm³/mol. The third-order valence-electron chi connectivity index (χ3n) is 17.9. The van der Waals surface area contributed by atoms with Crippen molar-refractivity contribution in [3.8, 4) is 22.3 Å². The first kappa shape index (κ1) is 77.1. The van der Waals surface area contributed by atoms with E-state index in [0.29, 0.717) is 108 Å². The number of anilines is 2. The van der Waals surface area contributed by atoms with Crippen LogP contribution in [0, 0.1) is 11.6 Å². The van der Waals surface area contributed by atoms with Crippen LogP contribution in [0.5, 0.6) is 0 Å². The third-order valence-corrected chi connectivity index (χ3v) is 17.9. The number of aldehydes is 2. The van der Waals surface area contributed by atoms with Crippen molar-refractivity contribution >= 4 is 75.8 Å². The number of hydrogen-bond donors (Lipinski definition) is 7. The Bertz CT molecular complexity index is 4830. The number of pyridine rings is 2. The van der Waals surface area contributed by atoms with Crippen molar-refractivity contribution in [3.63, 3.8) is 0 Å². The molecular formula is C81H88F2N12O11. The number of aromatic carboxylic acids is 1. The Morgan fingerprint density at radius 3 is 1.31 bits per heavy atom. The van der Waals surface area contributed by atoms with Gasteiger partial charge in [0.25, 0.3) is 17.7 Å². The maximum Gasteiger partial charge on any atom is 0.407 e. The number of aromatic nitrogens is 6. The Labute approximate surface area is 613 Å². The first-order chi connectivity index (χ1) is 51.1. The maximum absolute atomic E-state index is 14.5. The van der Waals surface area contributed by atoms with Crippen molar-refractivity contribution in [1.29, 1.82) is 0 Å². The van der Waals surface area contributed by atoms with Crippen molar-refractivity contribution in [1.82, 2.24) is 50.8 Å². The second kappa shape index (κ2) is 36.2. The van der Waals surface area contributed by atoms with Crippen molar-refractivity contribution in [2.75, 3.05) is 37.1 Å². The highest BCUT2D eigenvalue weighted by Crippen LogP contribution is 2.34. The topological polar surface area (TPSA) is 301 Å². The monoisotopic (exact) mass is 1440 g/mol. The smallest absolute Gasteiger partial charge is 0.407 e. The number of fused-ring (bicyclic) bond motifs is 2. The molecule has 6 heterocycles. The fourth-order valence-electron chi connectivity index (χ4n) is 12.5. The number of carbonyl (C=O) groups is 7. The maximum atomic E-state index is 14.5. The minimum absolute atomic E-state index is 0.0696. The van der Waals surface area contributed by atoms with Gasteiger partial charge in [0.05, 0.1) is 40.1 Å². The molecule has 0 radical (unpaired) electrons. The van der Waals surface area contributed by atoms with Crippen LogP contribution in [0.4, 0.5) is 25.0 Å². The molecular weight excluding hydrogens is 1350 g/mol. The predicted octanol–water partition coefficient (Wildman–Crippen LogP) is 13.6. The van der Waals surface area contributed by atoms with Gasteiger partial charge in [-0.25, -0.2) is 37.7 Å². The zero-order chi connectivity index (χ0) is 75.4. The molecule has 23 nitrogen and oxygen atoms in total. The first-order valence-electron chi connectivity index (χ1n) is 35.5. The molecule has 2 fully saturated rings. The highest BCUT2D eigenvalue weighted by Gasteiger charge is 2.26. The van der Waals surface area contributed by atoms with Crippen LogP contribution in [0.25, 0.3) is 44.3 Å². The molecule has 2 saturated heterocycles. The van der Waals surface area contributed by atoms with Crippen LogP contribution in [0.15, 0.2) is 146 Å². The van der Waals surface area contributed by atoms with Gasteiger partial charge in [-0.15, -0.1) is 0 Å². The number of benzene rings is 6. The molecule has 2 aliphatic rings. The number of carboxylic acids is 1. The molecule has 0 unspecified atom stereocenters. The number of alkyl carbamates (subject to hydrolysis) is 1. The van der Waals surface area contributed by atoms with E-state index in [-0.39, 0.29) is 55.6 Å². The van der Waals surface area contributed by atoms with Gasteiger partial charge in [0.1, 0.15) is 29.8 Å². The molecule has 0 bridgehead atoms. The lowest BCUT2D eigenvalue weighted by Gasteiger charge is -2.26. The number of amides is 4. The summed E-state index contributed by atoms with van der Waals surface area (Å²) in [5.74, 6) is -3.00. The van der Waals surface area contributed by atoms with E-state index in [2.05, 4.69) is 42.1 Å². The molecule has 106 heavy (non-hydrogen) atoms. The normalized spacial score (nSPS) is 13.1. The molecule has 4 aromatic heterocycles. The fourth-order valence-corrected chi connectivity index (χ4v) is 12.5. The Kier molecular flexibility index (Phi) is 26.3. The summed E-state index contributed by atoms with van der Waals surface area (Å²) in [6.07, 6.45) is 9.52. The Morgan fingerprint density at radius 2 is 0.915 bits per heavy atom. The van der Waals surface area contributed by atoms with E-state index in [4.69, 9.17) is 24.2 Å². The molecule has 2 aliphatic heterocycles. The first-order valence-corrected chi connectivity index (χ1v) is 35.5. The summed E-state index contributed by atoms with van der Waals surface area (Å²) >= 11 is 0. The second-order valence-electron chi connectivity index (χ2n) is 26.5. The number of carbonyl (C=O) groups excluding carboxylic acids is 6. The van der Waals surface area contributed by atoms with Gasteiger partial charge < -0.3 is 51.2 Å². The summed E-state index contributed by atoms with van der Waals surface area (Å²) in [6, 6.07) is 35.8. The summed E-state index contributed by atoms with van der Waals surface area (Å²) in [4.78, 5) is 94.3. The van der Waals surface area contributed by atoms with Gasteiger partial charge in [0.2, 0.25) is 0 Å². The number of hydrogen-bond acceptors (Lipinski definition) is 16. The van der Waals surface area contributed by atoms with Crippen LogP contribution < -0.4 is 31.9 Å². The number of carboxylic acid groups (broad SMARTS) is 1. The Balaban J connectivity index is 0.000000182. The van der Waals surface area contributed by atoms with Gasteiger partial charge >= 0.3 is 12.1 Å². The van der Waals surface area contributed by atoms with Gasteiger partial charge in [-0.1, -0.05) is 62.4 Å². The molecule has 0 atom stereocenters. The van der Waals surface area contributed by atoms with Crippen LogP contribution in [0.1, 0.15) is 170 Å². The lowest BCUT2D eigenvalue weighted by Crippen LogP contribution is -2.32. The summed E-state index contributed by atoms with van der Waals surface area (Å²) in [7, 11) is 0. The van der Waals surface area contributed by atoms with E-state index in [9.17, 15) is 47.4 Å². The number of nitrogens with one attached hydrogen (secondary N) is 6. The average molecular weight is 1440 g/mol. The van der Waals surface area contributed by atoms with Crippen LogP contribution in [0.3, 0.4) is 0 Å². The molecule has 12 rings (SSSR count). The quantitative estimate of drug-likeness (QED) is 0.0277. The number of rotatable bonds is 24. The molecule has 0 saturated carbocycles. The summed E-state index contributed by atoms with van der Waals surface area (Å²) in [5.41, 5.74) is 12.4. The van der Waals surface area contributed by atoms with E-state index in [1.165, 1.54) is 36.4 Å². The Morgan fingerprint density at radius 1 is 0.519 bits per heavy atom. The number of aryl methyl sites for hydroxylation is 4. The highest BCUT2D eigenvalue weighted by molar-refractivity contribution is 6.01. The van der Waals surface area contributed by atoms with E-state index < -0.39 is 35.2 Å². The number of halogens is 2. The summed E-state index contributed by atoms with van der Waals surface area (Å²) < 4.78 is 48.4. The molecule has 10 aromatic rings. The van der Waals surface area contributed by atoms with Crippen molar-refractivity contribution in [3.05, 3.63) is 225 Å². The zero-order valence-corrected chi connectivity index (χ0v) is 60.4. The molecule has 4 amide bonds. The lowest BCUT2D eigenvalue weighted by molar-refractivity contribution is 0.0522. The molecule has 552 valence electrons. The van der Waals surface area contributed by atoms with Crippen molar-refractivity contribution < 1.29 is 61.7 Å². The van der Waals surface area contributed by atoms with Gasteiger partial charge in [0.15, 0.2) is 11.3 Å². The van der Waals surface area contributed by atoms with Crippen molar-refractivity contribution in [2.45, 2.75) is 144 Å². The Hall–Kier alpha value is -11.6. The largest absolute Gasteiger partial charge is 0.478 e. The van der Waals surface area contributed by atoms with Gasteiger partial charge in [-0.05, 0) is 191 Å². The highest BCUT2D eigenvalue weighted by atomic mass is 19.1. The van der Waals surface area contributed by atoms with E-state index in [1.807, 2.05) is 49.5 Å². The zero-order valence-electron chi connectivity index (χ0n) is 60.4. The molecule has 25 heteroatoms. The van der Waals surface area contributed by atoms with Gasteiger partial charge in [-0.2, -0.15) is 10.2 Å². The summed E-state index contributed by atoms with van der Waals surface area (Å²) in [6.45, 7) is 18.4. The van der Waals surface area contributed by atoms with Gasteiger partial charge in [-0.3, -0.25) is 24.0 Å². The molecule has 0 aliphatic carbocycles. The average Bonchev–Trinajstić information content (AvgIpc) is 1.58. The van der Waals surface area contributed by atoms with E-state index >= 15 is 0 Å². The third kappa shape index (κ3) is 20.2. The van der Waals surface area contributed by atoms with E-state index in [0.717, 1.165) is 99.8 Å². The minimum Gasteiger partial charge on any atom is -0.478 e. The number of nitrogens with zero attached hydrogens (tertiary/aromatic N) is 6. The molecule has 6 aromatic carbocycles. The van der Waals surface area contributed by atoms with Crippen LogP contribution >= 0.6 is 0 Å². The van der Waals surface area contributed by atoms with Crippen LogP contribution in [-0.2, 0) is 66.3 Å². The fraction of sp³-hybridized carbons (Fsp3) is 0.321.